The van der Waals surface area contributed by atoms with Crippen LogP contribution in [0.5, 0.6) is 0 Å². The van der Waals surface area contributed by atoms with E-state index in [0.29, 0.717) is 0 Å². The third-order valence-electron chi connectivity index (χ3n) is 5.45. The number of hydrogen-bond donors (Lipinski definition) is 0. The first kappa shape index (κ1) is 32.6. The van der Waals surface area contributed by atoms with E-state index in [1.165, 1.54) is 89.9 Å². The van der Waals surface area contributed by atoms with Gasteiger partial charge >= 0.3 is 29.3 Å². The van der Waals surface area contributed by atoms with Crippen LogP contribution in [0.2, 0.25) is 0 Å². The Hall–Kier alpha value is 0.467. The molecule has 30 heavy (non-hydrogen) atoms. The first-order valence-electron chi connectivity index (χ1n) is 12.7. The van der Waals surface area contributed by atoms with Crippen LogP contribution in [0.4, 0.5) is 0 Å². The first-order chi connectivity index (χ1) is 14.1. The van der Waals surface area contributed by atoms with E-state index in [1.54, 1.807) is 0 Å². The molecule has 0 amide bonds. The van der Waals surface area contributed by atoms with Crippen molar-refractivity contribution in [1.82, 2.24) is 0 Å². The smallest absolute Gasteiger partial charge is 0.248 e. The molecule has 0 aliphatic carbocycles. The summed E-state index contributed by atoms with van der Waals surface area (Å²) in [6.07, 6.45) is 24.4. The Balaban J connectivity index is 0. The number of rotatable bonds is 24. The molecule has 0 aromatic heterocycles. The summed E-state index contributed by atoms with van der Waals surface area (Å²) in [7, 11) is -3.80. The minimum Gasteiger partial charge on any atom is -0.248 e. The van der Waals surface area contributed by atoms with Crippen molar-refractivity contribution in [3.8, 4) is 0 Å². The summed E-state index contributed by atoms with van der Waals surface area (Å²) < 4.78 is 33.3. The van der Waals surface area contributed by atoms with Gasteiger partial charge in [0.05, 0.1) is 13.2 Å². The van der Waals surface area contributed by atoms with Gasteiger partial charge in [-0.15, -0.1) is 0 Å². The van der Waals surface area contributed by atoms with Gasteiger partial charge in [0, 0.05) is 0 Å². The second-order valence-electron chi connectivity index (χ2n) is 8.42. The van der Waals surface area contributed by atoms with Crippen molar-refractivity contribution < 1.29 is 35.6 Å². The van der Waals surface area contributed by atoms with E-state index < -0.39 is 10.4 Å². The van der Waals surface area contributed by atoms with Crippen molar-refractivity contribution >= 4 is 10.4 Å². The normalized spacial score (nSPS) is 11.5. The molecule has 0 fully saturated rings. The van der Waals surface area contributed by atoms with Crippen LogP contribution in [0.1, 0.15) is 142 Å². The van der Waals surface area contributed by atoms with E-state index in [0.717, 1.165) is 38.5 Å². The second kappa shape index (κ2) is 25.7. The predicted molar refractivity (Wildman–Crippen MR) is 125 cm³/mol. The van der Waals surface area contributed by atoms with E-state index in [-0.39, 0.29) is 32.1 Å². The van der Waals surface area contributed by atoms with Gasteiger partial charge in [0.15, 0.2) is 0 Å². The Morgan fingerprint density at radius 1 is 0.433 bits per heavy atom. The Labute approximate surface area is 201 Å². The fraction of sp³-hybridized carbons (Fsp3) is 1.00. The molecule has 6 heteroatoms. The summed E-state index contributed by atoms with van der Waals surface area (Å²) in [5.41, 5.74) is 0. The third kappa shape index (κ3) is 26.5. The van der Waals surface area contributed by atoms with Gasteiger partial charge in [0.25, 0.3) is 0 Å². The van der Waals surface area contributed by atoms with Crippen LogP contribution in [0.3, 0.4) is 0 Å². The average Bonchev–Trinajstić information content (AvgIpc) is 2.70. The molecular weight excluding hydrogens is 391 g/mol. The summed E-state index contributed by atoms with van der Waals surface area (Å²) in [6, 6.07) is 0. The Morgan fingerprint density at radius 3 is 0.933 bits per heavy atom. The Morgan fingerprint density at radius 2 is 0.667 bits per heavy atom. The van der Waals surface area contributed by atoms with Gasteiger partial charge in [-0.3, -0.25) is 0 Å². The summed E-state index contributed by atoms with van der Waals surface area (Å²) in [6.45, 7) is 4.98. The molecule has 0 rings (SSSR count). The first-order valence-corrected chi connectivity index (χ1v) is 14.0. The van der Waals surface area contributed by atoms with E-state index in [1.807, 2.05) is 0 Å². The average molecular weight is 442 g/mol. The molecule has 0 atom stereocenters. The van der Waals surface area contributed by atoms with Gasteiger partial charge < -0.3 is 0 Å². The zero-order chi connectivity index (χ0) is 21.5. The molecule has 0 aliphatic heterocycles. The molecule has 0 bridgehead atoms. The molecular formula is C24H50LiO4S+. The zero-order valence-corrected chi connectivity index (χ0v) is 21.4. The number of hydrogen-bond acceptors (Lipinski definition) is 4. The topological polar surface area (TPSA) is 52.6 Å². The largest absolute Gasteiger partial charge is 1.00 e. The van der Waals surface area contributed by atoms with Crippen molar-refractivity contribution in [2.45, 2.75) is 142 Å². The van der Waals surface area contributed by atoms with Crippen LogP contribution < -0.4 is 18.9 Å². The molecule has 4 nitrogen and oxygen atoms in total. The molecule has 0 spiro atoms. The van der Waals surface area contributed by atoms with Crippen LogP contribution >= 0.6 is 0 Å². The molecule has 0 heterocycles. The van der Waals surface area contributed by atoms with Gasteiger partial charge in [-0.1, -0.05) is 129 Å². The molecule has 0 aromatic rings. The molecule has 0 aromatic carbocycles. The van der Waals surface area contributed by atoms with E-state index >= 15 is 0 Å². The maximum Gasteiger partial charge on any atom is 1.00 e. The number of unbranched alkanes of at least 4 members (excludes halogenated alkanes) is 18. The van der Waals surface area contributed by atoms with Crippen LogP contribution in [-0.4, -0.2) is 21.6 Å². The summed E-state index contributed by atoms with van der Waals surface area (Å²) in [4.78, 5) is 0. The quantitative estimate of drug-likeness (QED) is 0.154. The van der Waals surface area contributed by atoms with Crippen molar-refractivity contribution in [3.05, 3.63) is 0 Å². The van der Waals surface area contributed by atoms with Crippen molar-refractivity contribution in [1.29, 1.82) is 0 Å². The van der Waals surface area contributed by atoms with Gasteiger partial charge in [-0.05, 0) is 12.8 Å². The molecule has 0 radical (unpaired) electrons. The molecule has 0 unspecified atom stereocenters. The van der Waals surface area contributed by atoms with Crippen LogP contribution in [0.25, 0.3) is 0 Å². The molecule has 176 valence electrons. The molecule has 0 N–H and O–H groups in total. The zero-order valence-electron chi connectivity index (χ0n) is 20.6. The van der Waals surface area contributed by atoms with Gasteiger partial charge in [0.2, 0.25) is 0 Å². The minimum absolute atomic E-state index is 0. The van der Waals surface area contributed by atoms with Crippen LogP contribution in [-0.2, 0) is 18.8 Å². The molecule has 0 saturated carbocycles. The van der Waals surface area contributed by atoms with E-state index in [9.17, 15) is 8.42 Å². The van der Waals surface area contributed by atoms with Crippen LogP contribution in [0.15, 0.2) is 0 Å². The fourth-order valence-corrected chi connectivity index (χ4v) is 4.25. The predicted octanol–water partition coefficient (Wildman–Crippen LogP) is 5.11. The van der Waals surface area contributed by atoms with E-state index in [4.69, 9.17) is 8.37 Å². The van der Waals surface area contributed by atoms with Crippen molar-refractivity contribution in [2.24, 2.45) is 0 Å². The third-order valence-corrected chi connectivity index (χ3v) is 6.36. The maximum atomic E-state index is 11.7. The standard InChI is InChI=1S/C24H50O4S.Li/c1-3-5-7-9-11-13-15-17-19-21-23-27-29(25,26)28-24-22-20-18-16-14-12-10-8-6-4-2;/h3-24H2,1-2H3;/q;+1. The maximum absolute atomic E-state index is 11.7. The van der Waals surface area contributed by atoms with E-state index in [2.05, 4.69) is 13.8 Å². The SMILES string of the molecule is CCCCCCCCCCCCOS(=O)(=O)OCCCCCCCCCCCC.[Li+]. The minimum atomic E-state index is -3.80. The van der Waals surface area contributed by atoms with Crippen LogP contribution in [0, 0.1) is 0 Å². The monoisotopic (exact) mass is 441 g/mol. The Bertz CT molecular complexity index is 383. The Kier molecular flexibility index (Phi) is 28.0. The summed E-state index contributed by atoms with van der Waals surface area (Å²) in [5.74, 6) is 0. The second-order valence-corrected chi connectivity index (χ2v) is 9.70. The van der Waals surface area contributed by atoms with Crippen molar-refractivity contribution in [2.75, 3.05) is 13.2 Å². The van der Waals surface area contributed by atoms with Gasteiger partial charge in [-0.25, -0.2) is 8.37 Å². The van der Waals surface area contributed by atoms with Crippen molar-refractivity contribution in [3.63, 3.8) is 0 Å². The summed E-state index contributed by atoms with van der Waals surface area (Å²) >= 11 is 0. The molecule has 0 aliphatic rings. The molecule has 0 saturated heterocycles. The van der Waals surface area contributed by atoms with Gasteiger partial charge in [-0.2, -0.15) is 8.42 Å². The fourth-order valence-electron chi connectivity index (χ4n) is 3.53. The summed E-state index contributed by atoms with van der Waals surface area (Å²) in [5, 5.41) is 0. The van der Waals surface area contributed by atoms with Gasteiger partial charge in [0.1, 0.15) is 0 Å².